The molecule has 3 heterocycles. The largest absolute Gasteiger partial charge is 0.303 e. The monoisotopic (exact) mass is 403 g/mol. The fourth-order valence-electron chi connectivity index (χ4n) is 4.59. The first kappa shape index (κ1) is 19.6. The Balaban J connectivity index is 1.35. The maximum Gasteiger partial charge on any atom is 0.261 e. The molecule has 1 aromatic heterocycles. The van der Waals surface area contributed by atoms with Crippen LogP contribution in [0, 0.1) is 18.8 Å². The summed E-state index contributed by atoms with van der Waals surface area (Å²) in [6.45, 7) is 5.72. The summed E-state index contributed by atoms with van der Waals surface area (Å²) in [4.78, 5) is 20.0. The molecule has 4 rings (SSSR count). The molecule has 0 atom stereocenters. The minimum absolute atomic E-state index is 0.0638. The Bertz CT molecular complexity index is 993. The van der Waals surface area contributed by atoms with E-state index in [9.17, 15) is 13.2 Å². The van der Waals surface area contributed by atoms with Crippen molar-refractivity contribution in [2.45, 2.75) is 39.2 Å². The second-order valence-corrected chi connectivity index (χ2v) is 10.7. The van der Waals surface area contributed by atoms with Crippen molar-refractivity contribution < 1.29 is 8.42 Å². The van der Waals surface area contributed by atoms with Crippen LogP contribution in [0.25, 0.3) is 10.9 Å². The highest BCUT2D eigenvalue weighted by Gasteiger charge is 2.27. The van der Waals surface area contributed by atoms with Crippen LogP contribution in [0.1, 0.15) is 31.5 Å². The summed E-state index contributed by atoms with van der Waals surface area (Å²) in [7, 11) is -2.78. The van der Waals surface area contributed by atoms with E-state index in [1.54, 1.807) is 0 Å². The maximum atomic E-state index is 12.9. The van der Waals surface area contributed by atoms with Gasteiger partial charge in [-0.1, -0.05) is 12.1 Å². The highest BCUT2D eigenvalue weighted by atomic mass is 32.2. The third kappa shape index (κ3) is 4.30. The number of sulfone groups is 1. The number of aromatic nitrogens is 2. The van der Waals surface area contributed by atoms with E-state index in [2.05, 4.69) is 9.88 Å². The van der Waals surface area contributed by atoms with Gasteiger partial charge in [-0.25, -0.2) is 13.4 Å². The predicted octanol–water partition coefficient (Wildman–Crippen LogP) is 2.24. The Labute approximate surface area is 166 Å². The number of para-hydroxylation sites is 1. The van der Waals surface area contributed by atoms with Gasteiger partial charge >= 0.3 is 0 Å². The maximum absolute atomic E-state index is 12.9. The van der Waals surface area contributed by atoms with E-state index in [1.165, 1.54) is 0 Å². The Morgan fingerprint density at radius 2 is 1.64 bits per heavy atom. The molecular weight excluding hydrogens is 374 g/mol. The van der Waals surface area contributed by atoms with Gasteiger partial charge in [-0.05, 0) is 69.7 Å². The quantitative estimate of drug-likeness (QED) is 0.783. The second-order valence-electron chi connectivity index (χ2n) is 8.43. The first-order valence-corrected chi connectivity index (χ1v) is 12.1. The summed E-state index contributed by atoms with van der Waals surface area (Å²) in [5.74, 6) is 2.49. The third-order valence-electron chi connectivity index (χ3n) is 6.39. The molecular formula is C21H29N3O3S. The van der Waals surface area contributed by atoms with Crippen molar-refractivity contribution in [1.29, 1.82) is 0 Å². The van der Waals surface area contributed by atoms with Crippen LogP contribution in [-0.2, 0) is 16.4 Å². The summed E-state index contributed by atoms with van der Waals surface area (Å²) in [6, 6.07) is 7.55. The lowest BCUT2D eigenvalue weighted by Gasteiger charge is -2.35. The number of nitrogens with zero attached hydrogens (tertiary/aromatic N) is 3. The molecule has 0 N–H and O–H groups in total. The van der Waals surface area contributed by atoms with Crippen molar-refractivity contribution >= 4 is 20.7 Å². The molecule has 2 aliphatic heterocycles. The zero-order chi connectivity index (χ0) is 19.7. The first-order valence-electron chi connectivity index (χ1n) is 10.3. The molecule has 2 fully saturated rings. The van der Waals surface area contributed by atoms with Crippen molar-refractivity contribution in [3.05, 3.63) is 40.4 Å². The average molecular weight is 404 g/mol. The minimum atomic E-state index is -2.78. The van der Waals surface area contributed by atoms with Crippen LogP contribution in [0.4, 0.5) is 0 Å². The molecule has 0 amide bonds. The number of piperidine rings is 1. The molecule has 2 saturated heterocycles. The number of fused-ring (bicyclic) bond motifs is 1. The van der Waals surface area contributed by atoms with Crippen LogP contribution >= 0.6 is 0 Å². The number of hydrogen-bond donors (Lipinski definition) is 0. The molecule has 28 heavy (non-hydrogen) atoms. The molecule has 0 spiro atoms. The standard InChI is InChI=1S/C21H29N3O3S/c1-16-22-20-5-3-2-4-19(20)21(25)24(16)15-17-6-10-23(11-7-17)14-18-8-12-28(26,27)13-9-18/h2-5,17-18H,6-15H2,1H3. The molecule has 7 heteroatoms. The van der Waals surface area contributed by atoms with Gasteiger partial charge < -0.3 is 4.90 Å². The van der Waals surface area contributed by atoms with Crippen molar-refractivity contribution in [3.63, 3.8) is 0 Å². The van der Waals surface area contributed by atoms with Gasteiger partial charge in [0.05, 0.1) is 22.4 Å². The Morgan fingerprint density at radius 3 is 2.36 bits per heavy atom. The summed E-state index contributed by atoms with van der Waals surface area (Å²) in [5.41, 5.74) is 0.833. The Kier molecular flexibility index (Phi) is 5.56. The fourth-order valence-corrected chi connectivity index (χ4v) is 6.18. The van der Waals surface area contributed by atoms with Gasteiger partial charge in [0.2, 0.25) is 0 Å². The summed E-state index contributed by atoms with van der Waals surface area (Å²) < 4.78 is 25.0. The van der Waals surface area contributed by atoms with Crippen molar-refractivity contribution in [1.82, 2.24) is 14.5 Å². The van der Waals surface area contributed by atoms with Gasteiger partial charge in [0.15, 0.2) is 0 Å². The van der Waals surface area contributed by atoms with Crippen LogP contribution in [0.3, 0.4) is 0 Å². The number of aryl methyl sites for hydroxylation is 1. The number of benzene rings is 1. The van der Waals surface area contributed by atoms with Crippen molar-refractivity contribution in [2.24, 2.45) is 11.8 Å². The van der Waals surface area contributed by atoms with E-state index in [-0.39, 0.29) is 5.56 Å². The minimum Gasteiger partial charge on any atom is -0.303 e. The predicted molar refractivity (Wildman–Crippen MR) is 111 cm³/mol. The zero-order valence-corrected chi connectivity index (χ0v) is 17.3. The van der Waals surface area contributed by atoms with Gasteiger partial charge in [0.25, 0.3) is 5.56 Å². The van der Waals surface area contributed by atoms with Gasteiger partial charge in [-0.3, -0.25) is 9.36 Å². The molecule has 1 aromatic carbocycles. The normalized spacial score (nSPS) is 21.9. The highest BCUT2D eigenvalue weighted by molar-refractivity contribution is 7.91. The number of hydrogen-bond acceptors (Lipinski definition) is 5. The fraction of sp³-hybridized carbons (Fsp3) is 0.619. The highest BCUT2D eigenvalue weighted by Crippen LogP contribution is 2.24. The van der Waals surface area contributed by atoms with Gasteiger partial charge in [-0.15, -0.1) is 0 Å². The molecule has 0 unspecified atom stereocenters. The van der Waals surface area contributed by atoms with E-state index < -0.39 is 9.84 Å². The van der Waals surface area contributed by atoms with E-state index in [1.807, 2.05) is 35.8 Å². The molecule has 0 radical (unpaired) electrons. The molecule has 0 bridgehead atoms. The van der Waals surface area contributed by atoms with Gasteiger partial charge in [-0.2, -0.15) is 0 Å². The van der Waals surface area contributed by atoms with Crippen LogP contribution < -0.4 is 5.56 Å². The smallest absolute Gasteiger partial charge is 0.261 e. The van der Waals surface area contributed by atoms with E-state index >= 15 is 0 Å². The van der Waals surface area contributed by atoms with Gasteiger partial charge in [0, 0.05) is 13.1 Å². The molecule has 2 aliphatic rings. The molecule has 2 aromatic rings. The van der Waals surface area contributed by atoms with Crippen LogP contribution in [0.5, 0.6) is 0 Å². The van der Waals surface area contributed by atoms with Gasteiger partial charge in [0.1, 0.15) is 15.7 Å². The first-order chi connectivity index (χ1) is 13.4. The Morgan fingerprint density at radius 1 is 1.00 bits per heavy atom. The summed E-state index contributed by atoms with van der Waals surface area (Å²) in [5, 5.41) is 0.692. The van der Waals surface area contributed by atoms with Crippen molar-refractivity contribution in [3.8, 4) is 0 Å². The van der Waals surface area contributed by atoms with Crippen LogP contribution in [0.15, 0.2) is 29.1 Å². The van der Waals surface area contributed by atoms with E-state index in [0.717, 1.165) is 63.2 Å². The molecule has 0 saturated carbocycles. The topological polar surface area (TPSA) is 72.3 Å². The summed E-state index contributed by atoms with van der Waals surface area (Å²) in [6.07, 6.45) is 3.76. The van der Waals surface area contributed by atoms with Crippen LogP contribution in [-0.4, -0.2) is 54.0 Å². The third-order valence-corrected chi connectivity index (χ3v) is 8.11. The lowest BCUT2D eigenvalue weighted by atomic mass is 9.94. The van der Waals surface area contributed by atoms with E-state index in [4.69, 9.17) is 0 Å². The average Bonchev–Trinajstić information content (AvgIpc) is 2.68. The second kappa shape index (κ2) is 7.95. The molecule has 6 nitrogen and oxygen atoms in total. The SMILES string of the molecule is Cc1nc2ccccc2c(=O)n1CC1CCN(CC2CCS(=O)(=O)CC2)CC1. The lowest BCUT2D eigenvalue weighted by molar-refractivity contribution is 0.147. The number of likely N-dealkylation sites (tertiary alicyclic amines) is 1. The van der Waals surface area contributed by atoms with E-state index in [0.29, 0.717) is 28.7 Å². The molecule has 0 aliphatic carbocycles. The number of rotatable bonds is 4. The van der Waals surface area contributed by atoms with Crippen molar-refractivity contribution in [2.75, 3.05) is 31.1 Å². The summed E-state index contributed by atoms with van der Waals surface area (Å²) >= 11 is 0. The van der Waals surface area contributed by atoms with Crippen LogP contribution in [0.2, 0.25) is 0 Å². The zero-order valence-electron chi connectivity index (χ0n) is 16.5. The Hall–Kier alpha value is -1.73. The molecule has 152 valence electrons. The lowest BCUT2D eigenvalue weighted by Crippen LogP contribution is -2.40.